The number of benzene rings is 3. The van der Waals surface area contributed by atoms with E-state index in [0.29, 0.717) is 35.7 Å². The smallest absolute Gasteiger partial charge is 0.254 e. The van der Waals surface area contributed by atoms with E-state index in [-0.39, 0.29) is 18.5 Å². The van der Waals surface area contributed by atoms with Crippen LogP contribution in [0.1, 0.15) is 16.7 Å². The van der Waals surface area contributed by atoms with Crippen LogP contribution in [0.4, 0.5) is 4.39 Å². The summed E-state index contributed by atoms with van der Waals surface area (Å²) in [6.07, 6.45) is 1.79. The highest BCUT2D eigenvalue weighted by Crippen LogP contribution is 2.34. The summed E-state index contributed by atoms with van der Waals surface area (Å²) < 4.78 is 35.2. The Balaban J connectivity index is 1.33. The van der Waals surface area contributed by atoms with Gasteiger partial charge >= 0.3 is 0 Å². The molecule has 1 fully saturated rings. The Labute approximate surface area is 215 Å². The van der Waals surface area contributed by atoms with Gasteiger partial charge < -0.3 is 23.8 Å². The third-order valence-electron chi connectivity index (χ3n) is 6.61. The van der Waals surface area contributed by atoms with Crippen molar-refractivity contribution in [2.45, 2.75) is 6.54 Å². The minimum absolute atomic E-state index is 0.0840. The van der Waals surface area contributed by atoms with Crippen LogP contribution in [0.3, 0.4) is 0 Å². The van der Waals surface area contributed by atoms with E-state index in [1.165, 1.54) is 12.1 Å². The number of nitrogens with zero attached hydrogens (tertiary/aromatic N) is 2. The topological polar surface area (TPSA) is 60.5 Å². The molecule has 192 valence electrons. The van der Waals surface area contributed by atoms with Crippen molar-refractivity contribution in [3.8, 4) is 23.0 Å². The molecule has 0 radical (unpaired) electrons. The van der Waals surface area contributed by atoms with E-state index in [9.17, 15) is 9.18 Å². The van der Waals surface area contributed by atoms with Crippen molar-refractivity contribution in [1.29, 1.82) is 0 Å². The molecule has 8 heteroatoms. The van der Waals surface area contributed by atoms with Crippen LogP contribution in [0.15, 0.2) is 60.7 Å². The number of hydrogen-bond donors (Lipinski definition) is 0. The van der Waals surface area contributed by atoms with E-state index < -0.39 is 0 Å². The summed E-state index contributed by atoms with van der Waals surface area (Å²) in [4.78, 5) is 18.0. The fraction of sp³-hybridized carbons (Fsp3) is 0.276. The zero-order chi connectivity index (χ0) is 25.8. The first-order valence-corrected chi connectivity index (χ1v) is 12.1. The van der Waals surface area contributed by atoms with Crippen molar-refractivity contribution >= 4 is 17.6 Å². The van der Waals surface area contributed by atoms with Gasteiger partial charge in [-0.1, -0.05) is 24.3 Å². The van der Waals surface area contributed by atoms with Crippen LogP contribution in [-0.4, -0.2) is 62.9 Å². The molecule has 0 spiro atoms. The van der Waals surface area contributed by atoms with Crippen molar-refractivity contribution < 1.29 is 28.1 Å². The fourth-order valence-electron chi connectivity index (χ4n) is 4.57. The Kier molecular flexibility index (Phi) is 7.28. The lowest BCUT2D eigenvalue weighted by atomic mass is 10.00. The van der Waals surface area contributed by atoms with Crippen molar-refractivity contribution in [2.24, 2.45) is 0 Å². The average Bonchev–Trinajstić information content (AvgIpc) is 3.40. The maximum Gasteiger partial charge on any atom is 0.254 e. The van der Waals surface area contributed by atoms with Gasteiger partial charge in [-0.2, -0.15) is 0 Å². The monoisotopic (exact) mass is 504 g/mol. The molecule has 1 amide bonds. The summed E-state index contributed by atoms with van der Waals surface area (Å²) >= 11 is 0. The number of methoxy groups -OCH3 is 2. The number of amides is 1. The quantitative estimate of drug-likeness (QED) is 0.350. The summed E-state index contributed by atoms with van der Waals surface area (Å²) in [5.41, 5.74) is 3.10. The molecule has 0 bridgehead atoms. The third-order valence-corrected chi connectivity index (χ3v) is 6.61. The van der Waals surface area contributed by atoms with Crippen LogP contribution in [-0.2, 0) is 11.3 Å². The lowest BCUT2D eigenvalue weighted by Crippen LogP contribution is -2.48. The Morgan fingerprint density at radius 2 is 1.62 bits per heavy atom. The molecule has 2 aliphatic rings. The number of piperazine rings is 1. The first-order valence-electron chi connectivity index (χ1n) is 12.1. The number of rotatable bonds is 7. The summed E-state index contributed by atoms with van der Waals surface area (Å²) in [7, 11) is 3.13. The predicted octanol–water partition coefficient (Wildman–Crippen LogP) is 4.46. The second kappa shape index (κ2) is 10.9. The van der Waals surface area contributed by atoms with E-state index in [0.717, 1.165) is 42.3 Å². The molecule has 0 aliphatic carbocycles. The predicted molar refractivity (Wildman–Crippen MR) is 138 cm³/mol. The SMILES string of the molecule is COc1ccc(C(=Cc2ccc(F)cc2)C(=O)N2CCN(Cc3ccc4c(c3)OCO4)CC2)cc1OC. The van der Waals surface area contributed by atoms with E-state index in [1.54, 1.807) is 44.6 Å². The van der Waals surface area contributed by atoms with Crippen molar-refractivity contribution in [3.05, 3.63) is 83.2 Å². The van der Waals surface area contributed by atoms with Gasteiger partial charge in [-0.05, 0) is 59.2 Å². The van der Waals surface area contributed by atoms with Crippen LogP contribution in [0, 0.1) is 5.82 Å². The minimum Gasteiger partial charge on any atom is -0.493 e. The molecule has 0 unspecified atom stereocenters. The molecule has 7 nitrogen and oxygen atoms in total. The van der Waals surface area contributed by atoms with Gasteiger partial charge in [-0.15, -0.1) is 0 Å². The molecular formula is C29H29FN2O5. The standard InChI is InChI=1S/C29H29FN2O5/c1-34-25-10-6-22(17-27(25)35-2)24(15-20-3-7-23(30)8-4-20)29(33)32-13-11-31(12-14-32)18-21-5-9-26-28(16-21)37-19-36-26/h3-10,15-17H,11-14,18-19H2,1-2H3. The third kappa shape index (κ3) is 5.54. The van der Waals surface area contributed by atoms with E-state index in [1.807, 2.05) is 29.2 Å². The number of hydrogen-bond acceptors (Lipinski definition) is 6. The number of carbonyl (C=O) groups is 1. The molecule has 2 heterocycles. The number of halogens is 1. The summed E-state index contributed by atoms with van der Waals surface area (Å²) in [6.45, 7) is 3.71. The molecule has 0 saturated carbocycles. The number of carbonyl (C=O) groups excluding carboxylic acids is 1. The van der Waals surface area contributed by atoms with Gasteiger partial charge in [0.2, 0.25) is 6.79 Å². The van der Waals surface area contributed by atoms with Gasteiger partial charge in [0.1, 0.15) is 5.82 Å². The molecule has 3 aromatic carbocycles. The van der Waals surface area contributed by atoms with Crippen LogP contribution in [0.25, 0.3) is 11.6 Å². The normalized spacial score (nSPS) is 15.5. The molecule has 2 aliphatic heterocycles. The largest absolute Gasteiger partial charge is 0.493 e. The molecule has 0 N–H and O–H groups in total. The lowest BCUT2D eigenvalue weighted by molar-refractivity contribution is -0.126. The maximum atomic E-state index is 13.8. The van der Waals surface area contributed by atoms with Gasteiger partial charge in [-0.3, -0.25) is 9.69 Å². The Hall–Kier alpha value is -4.04. The molecule has 0 aromatic heterocycles. The Morgan fingerprint density at radius 1 is 0.892 bits per heavy atom. The summed E-state index contributed by atoms with van der Waals surface area (Å²) in [6, 6.07) is 17.5. The van der Waals surface area contributed by atoms with E-state index >= 15 is 0 Å². The van der Waals surface area contributed by atoms with E-state index in [2.05, 4.69) is 4.90 Å². The van der Waals surface area contributed by atoms with Crippen molar-refractivity contribution in [1.82, 2.24) is 9.80 Å². The first-order chi connectivity index (χ1) is 18.0. The second-order valence-electron chi connectivity index (χ2n) is 8.94. The highest BCUT2D eigenvalue weighted by atomic mass is 19.1. The summed E-state index contributed by atoms with van der Waals surface area (Å²) in [5, 5.41) is 0. The summed E-state index contributed by atoms with van der Waals surface area (Å²) in [5.74, 6) is 2.25. The molecular weight excluding hydrogens is 475 g/mol. The maximum absolute atomic E-state index is 13.8. The Bertz CT molecular complexity index is 1300. The fourth-order valence-corrected chi connectivity index (χ4v) is 4.57. The van der Waals surface area contributed by atoms with Crippen LogP contribution >= 0.6 is 0 Å². The average molecular weight is 505 g/mol. The molecule has 1 saturated heterocycles. The first kappa shape index (κ1) is 24.6. The zero-order valence-electron chi connectivity index (χ0n) is 20.9. The van der Waals surface area contributed by atoms with Crippen molar-refractivity contribution in [2.75, 3.05) is 47.2 Å². The zero-order valence-corrected chi connectivity index (χ0v) is 20.9. The van der Waals surface area contributed by atoms with Crippen LogP contribution < -0.4 is 18.9 Å². The van der Waals surface area contributed by atoms with Gasteiger partial charge in [0.15, 0.2) is 23.0 Å². The minimum atomic E-state index is -0.324. The van der Waals surface area contributed by atoms with Gasteiger partial charge in [0.05, 0.1) is 14.2 Å². The van der Waals surface area contributed by atoms with Gasteiger partial charge in [-0.25, -0.2) is 4.39 Å². The highest BCUT2D eigenvalue weighted by molar-refractivity contribution is 6.24. The van der Waals surface area contributed by atoms with Crippen molar-refractivity contribution in [3.63, 3.8) is 0 Å². The highest BCUT2D eigenvalue weighted by Gasteiger charge is 2.26. The molecule has 3 aromatic rings. The number of ether oxygens (including phenoxy) is 4. The van der Waals surface area contributed by atoms with Gasteiger partial charge in [0.25, 0.3) is 5.91 Å². The molecule has 0 atom stereocenters. The van der Waals surface area contributed by atoms with Crippen LogP contribution in [0.2, 0.25) is 0 Å². The molecule has 37 heavy (non-hydrogen) atoms. The molecule has 5 rings (SSSR count). The second-order valence-corrected chi connectivity index (χ2v) is 8.94. The van der Waals surface area contributed by atoms with E-state index in [4.69, 9.17) is 18.9 Å². The lowest BCUT2D eigenvalue weighted by Gasteiger charge is -2.35. The Morgan fingerprint density at radius 3 is 2.35 bits per heavy atom. The van der Waals surface area contributed by atoms with Crippen LogP contribution in [0.5, 0.6) is 23.0 Å². The number of fused-ring (bicyclic) bond motifs is 1. The van der Waals surface area contributed by atoms with Gasteiger partial charge in [0, 0.05) is 38.3 Å².